The second-order valence-corrected chi connectivity index (χ2v) is 13.7. The number of rotatable bonds is 8. The van der Waals surface area contributed by atoms with Crippen LogP contribution in [0.2, 0.25) is 0 Å². The van der Waals surface area contributed by atoms with Gasteiger partial charge in [0.15, 0.2) is 11.6 Å². The average molecular weight is 710 g/mol. The van der Waals surface area contributed by atoms with Gasteiger partial charge in [-0.05, 0) is 63.3 Å². The van der Waals surface area contributed by atoms with Gasteiger partial charge >= 0.3 is 12.1 Å². The topological polar surface area (TPSA) is 154 Å². The molecule has 1 saturated heterocycles. The standard InChI is InChI=1S/C20H21N5OS.C16H18N4O2S/c26-19(23-20-22-18(24-27-20)15-9-3-1-4-10-15)21-16-11-5-6-12-17(16)25-13-7-2-8-14-25;1-10-6-7-13(19-15(22)20-16-17-9-18-23-16)12(8-10)14(21)11-4-2-3-5-11/h1,3-6,9-12H,2,7-8,13-14H2,(H2,21,22,23,24,26);6-9,11H,2-5H2,1H3,(H2,17,18,19,20,22). The number of nitrogens with zero attached hydrogens (tertiary/aromatic N) is 5. The van der Waals surface area contributed by atoms with Gasteiger partial charge in [-0.3, -0.25) is 15.4 Å². The molecular weight excluding hydrogens is 671 g/mol. The number of carbonyl (C=O) groups is 3. The summed E-state index contributed by atoms with van der Waals surface area (Å²) in [5.74, 6) is 0.811. The maximum absolute atomic E-state index is 12.7. The Morgan fingerprint density at radius 2 is 1.44 bits per heavy atom. The maximum atomic E-state index is 12.7. The van der Waals surface area contributed by atoms with Crippen molar-refractivity contribution in [3.05, 3.63) is 90.3 Å². The van der Waals surface area contributed by atoms with Gasteiger partial charge in [0.2, 0.25) is 10.3 Å². The molecule has 2 aliphatic rings. The van der Waals surface area contributed by atoms with E-state index in [1.807, 2.05) is 67.6 Å². The first kappa shape index (κ1) is 34.6. The fourth-order valence-corrected chi connectivity index (χ4v) is 7.09. The lowest BCUT2D eigenvalue weighted by molar-refractivity contribution is 0.0923. The second kappa shape index (κ2) is 16.9. The number of Topliss-reactive ketones (excluding diaryl/α,β-unsaturated/α-hetero) is 1. The van der Waals surface area contributed by atoms with Gasteiger partial charge in [0.05, 0.1) is 17.1 Å². The van der Waals surface area contributed by atoms with Crippen LogP contribution in [0, 0.1) is 12.8 Å². The molecule has 0 unspecified atom stereocenters. The zero-order valence-electron chi connectivity index (χ0n) is 27.7. The number of benzene rings is 3. The van der Waals surface area contributed by atoms with Crippen LogP contribution in [0.3, 0.4) is 0 Å². The minimum atomic E-state index is -0.425. The van der Waals surface area contributed by atoms with E-state index in [0.717, 1.165) is 72.8 Å². The van der Waals surface area contributed by atoms with Crippen molar-refractivity contribution in [2.24, 2.45) is 5.92 Å². The lowest BCUT2D eigenvalue weighted by atomic mass is 9.94. The predicted octanol–water partition coefficient (Wildman–Crippen LogP) is 8.70. The van der Waals surface area contributed by atoms with Gasteiger partial charge in [0, 0.05) is 53.2 Å². The minimum Gasteiger partial charge on any atom is -0.370 e. The monoisotopic (exact) mass is 709 g/mol. The molecule has 5 aromatic rings. The summed E-state index contributed by atoms with van der Waals surface area (Å²) in [5.41, 5.74) is 4.93. The Kier molecular flexibility index (Phi) is 11.7. The molecule has 12 nitrogen and oxygen atoms in total. The Morgan fingerprint density at radius 3 is 2.18 bits per heavy atom. The lowest BCUT2D eigenvalue weighted by Gasteiger charge is -2.30. The number of hydrogen-bond acceptors (Lipinski definition) is 10. The second-order valence-electron chi connectivity index (χ2n) is 12.2. The Hall–Kier alpha value is -5.21. The summed E-state index contributed by atoms with van der Waals surface area (Å²) in [5, 5.41) is 12.0. The van der Waals surface area contributed by atoms with E-state index in [2.05, 4.69) is 50.9 Å². The zero-order chi connectivity index (χ0) is 34.7. The highest BCUT2D eigenvalue weighted by Crippen LogP contribution is 2.31. The molecule has 2 fully saturated rings. The fourth-order valence-electron chi connectivity index (χ4n) is 6.08. The van der Waals surface area contributed by atoms with Gasteiger partial charge in [-0.25, -0.2) is 14.6 Å². The average Bonchev–Trinajstić information content (AvgIpc) is 3.95. The number of anilines is 5. The van der Waals surface area contributed by atoms with Crippen molar-refractivity contribution in [1.29, 1.82) is 0 Å². The Morgan fingerprint density at radius 1 is 0.740 bits per heavy atom. The molecule has 1 saturated carbocycles. The van der Waals surface area contributed by atoms with Crippen molar-refractivity contribution in [2.45, 2.75) is 51.9 Å². The number of piperidine rings is 1. The molecule has 0 atom stereocenters. The molecule has 258 valence electrons. The van der Waals surface area contributed by atoms with E-state index in [1.54, 1.807) is 6.07 Å². The molecule has 4 N–H and O–H groups in total. The first-order valence-electron chi connectivity index (χ1n) is 16.7. The summed E-state index contributed by atoms with van der Waals surface area (Å²) in [6, 6.07) is 22.4. The number of ketones is 1. The zero-order valence-corrected chi connectivity index (χ0v) is 29.4. The van der Waals surface area contributed by atoms with Gasteiger partial charge < -0.3 is 15.5 Å². The van der Waals surface area contributed by atoms with Crippen molar-refractivity contribution in [3.63, 3.8) is 0 Å². The molecule has 0 radical (unpaired) electrons. The molecule has 7 rings (SSSR count). The Labute approximate surface area is 299 Å². The van der Waals surface area contributed by atoms with E-state index in [1.165, 1.54) is 37.1 Å². The molecule has 14 heteroatoms. The number of carbonyl (C=O) groups excluding carboxylic acids is 3. The quantitative estimate of drug-likeness (QED) is 0.117. The summed E-state index contributed by atoms with van der Waals surface area (Å²) >= 11 is 2.27. The normalized spacial score (nSPS) is 14.3. The molecule has 2 aromatic heterocycles. The highest BCUT2D eigenvalue weighted by molar-refractivity contribution is 7.10. The lowest BCUT2D eigenvalue weighted by Crippen LogP contribution is -2.30. The highest BCUT2D eigenvalue weighted by atomic mass is 32.1. The third-order valence-electron chi connectivity index (χ3n) is 8.52. The highest BCUT2D eigenvalue weighted by Gasteiger charge is 2.26. The van der Waals surface area contributed by atoms with Crippen LogP contribution in [0.25, 0.3) is 11.4 Å². The summed E-state index contributed by atoms with van der Waals surface area (Å²) in [7, 11) is 0. The molecule has 0 bridgehead atoms. The number of amides is 4. The van der Waals surface area contributed by atoms with E-state index in [-0.39, 0.29) is 17.7 Å². The number of hydrogen-bond donors (Lipinski definition) is 4. The summed E-state index contributed by atoms with van der Waals surface area (Å²) in [6.45, 7) is 3.99. The molecule has 1 aliphatic heterocycles. The predicted molar refractivity (Wildman–Crippen MR) is 201 cm³/mol. The Balaban J connectivity index is 0.000000175. The summed E-state index contributed by atoms with van der Waals surface area (Å²) in [4.78, 5) is 47.9. The molecular formula is C36H39N9O3S2. The molecule has 1 aliphatic carbocycles. The van der Waals surface area contributed by atoms with E-state index < -0.39 is 6.03 Å². The number of urea groups is 2. The maximum Gasteiger partial charge on any atom is 0.325 e. The third kappa shape index (κ3) is 9.27. The summed E-state index contributed by atoms with van der Waals surface area (Å²) < 4.78 is 8.14. The van der Waals surface area contributed by atoms with Crippen LogP contribution < -0.4 is 26.2 Å². The first-order valence-corrected chi connectivity index (χ1v) is 18.3. The van der Waals surface area contributed by atoms with Crippen molar-refractivity contribution in [1.82, 2.24) is 18.7 Å². The largest absolute Gasteiger partial charge is 0.370 e. The fraction of sp³-hybridized carbons (Fsp3) is 0.306. The SMILES string of the molecule is Cc1ccc(NC(=O)Nc2ncns2)c(C(=O)C2CCCC2)c1.O=C(Nc1nc(-c2ccccc2)ns1)Nc1ccccc1N1CCCCC1. The van der Waals surface area contributed by atoms with Crippen molar-refractivity contribution >= 4 is 68.2 Å². The molecule has 0 spiro atoms. The molecule has 3 heterocycles. The van der Waals surface area contributed by atoms with Crippen LogP contribution in [0.5, 0.6) is 0 Å². The van der Waals surface area contributed by atoms with Crippen LogP contribution in [-0.2, 0) is 0 Å². The van der Waals surface area contributed by atoms with E-state index in [9.17, 15) is 14.4 Å². The third-order valence-corrected chi connectivity index (χ3v) is 9.73. The van der Waals surface area contributed by atoms with E-state index >= 15 is 0 Å². The van der Waals surface area contributed by atoms with Crippen molar-refractivity contribution in [2.75, 3.05) is 39.3 Å². The smallest absolute Gasteiger partial charge is 0.325 e. The number of para-hydroxylation sites is 2. The number of nitrogens with one attached hydrogen (secondary N) is 4. The summed E-state index contributed by atoms with van der Waals surface area (Å²) in [6.07, 6.45) is 9.09. The first-order chi connectivity index (χ1) is 24.4. The van der Waals surface area contributed by atoms with Gasteiger partial charge in [0.25, 0.3) is 0 Å². The van der Waals surface area contributed by atoms with Crippen molar-refractivity contribution < 1.29 is 14.4 Å². The van der Waals surface area contributed by atoms with Gasteiger partial charge in [-0.15, -0.1) is 0 Å². The van der Waals surface area contributed by atoms with Crippen LogP contribution in [0.15, 0.2) is 79.1 Å². The van der Waals surface area contributed by atoms with Crippen LogP contribution in [-0.4, -0.2) is 49.7 Å². The van der Waals surface area contributed by atoms with Crippen LogP contribution in [0.1, 0.15) is 60.9 Å². The van der Waals surface area contributed by atoms with E-state index in [0.29, 0.717) is 27.3 Å². The van der Waals surface area contributed by atoms with Gasteiger partial charge in [-0.2, -0.15) is 13.7 Å². The number of aryl methyl sites for hydroxylation is 1. The molecule has 50 heavy (non-hydrogen) atoms. The molecule has 3 aromatic carbocycles. The van der Waals surface area contributed by atoms with Gasteiger partial charge in [0.1, 0.15) is 6.33 Å². The molecule has 4 amide bonds. The Bertz CT molecular complexity index is 1890. The number of aromatic nitrogens is 4. The van der Waals surface area contributed by atoms with Gasteiger partial charge in [-0.1, -0.05) is 66.9 Å². The van der Waals surface area contributed by atoms with E-state index in [4.69, 9.17) is 0 Å². The van der Waals surface area contributed by atoms with Crippen molar-refractivity contribution in [3.8, 4) is 11.4 Å². The minimum absolute atomic E-state index is 0.0728. The van der Waals surface area contributed by atoms with Crippen LogP contribution in [0.4, 0.5) is 36.9 Å². The van der Waals surface area contributed by atoms with Crippen LogP contribution >= 0.6 is 23.1 Å².